The van der Waals surface area contributed by atoms with Crippen LogP contribution in [0.15, 0.2) is 34.2 Å². The topological polar surface area (TPSA) is 108 Å². The summed E-state index contributed by atoms with van der Waals surface area (Å²) in [6.45, 7) is 6.87. The van der Waals surface area contributed by atoms with Crippen molar-refractivity contribution in [2.75, 3.05) is 33.7 Å². The monoisotopic (exact) mass is 565 g/mol. The highest BCUT2D eigenvalue weighted by Crippen LogP contribution is 2.34. The molecule has 2 rings (SSSR count). The molecule has 0 bridgehead atoms. The van der Waals surface area contributed by atoms with Gasteiger partial charge in [-0.2, -0.15) is 0 Å². The predicted octanol–water partition coefficient (Wildman–Crippen LogP) is 2.39. The third kappa shape index (κ3) is 8.57. The van der Waals surface area contributed by atoms with E-state index in [9.17, 15) is 13.2 Å². The number of hydrogen-bond donors (Lipinski definition) is 2. The molecule has 0 radical (unpaired) electrons. The quantitative estimate of drug-likeness (QED) is 0.300. The van der Waals surface area contributed by atoms with Gasteiger partial charge in [-0.05, 0) is 42.4 Å². The summed E-state index contributed by atoms with van der Waals surface area (Å²) >= 11 is 0. The summed E-state index contributed by atoms with van der Waals surface area (Å²) in [6.07, 6.45) is 4.57. The minimum absolute atomic E-state index is 0. The number of piperidine rings is 1. The second-order valence-corrected chi connectivity index (χ2v) is 10.1. The number of carbonyl (C=O) groups excluding carboxylic acids is 1. The molecule has 1 unspecified atom stereocenters. The van der Waals surface area contributed by atoms with Crippen molar-refractivity contribution in [1.82, 2.24) is 15.1 Å². The standard InChI is InChI=1S/C21H35N5O3S.HI/c1-5-11-21(2)12-6-13-26(16-21)20(24-15-19(27)25(3)4)23-14-17-7-9-18(10-8-17)30(22,28)29;/h7-10H,5-6,11-16H2,1-4H3,(H,23,24)(H2,22,28,29);1H. The maximum absolute atomic E-state index is 12.1. The molecule has 0 saturated carbocycles. The van der Waals surface area contributed by atoms with Gasteiger partial charge in [-0.25, -0.2) is 18.5 Å². The Labute approximate surface area is 203 Å². The van der Waals surface area contributed by atoms with E-state index in [0.29, 0.717) is 12.5 Å². The maximum Gasteiger partial charge on any atom is 0.241 e. The van der Waals surface area contributed by atoms with Crippen molar-refractivity contribution in [3.63, 3.8) is 0 Å². The number of nitrogens with one attached hydrogen (secondary N) is 1. The molecule has 1 aliphatic heterocycles. The van der Waals surface area contributed by atoms with Gasteiger partial charge >= 0.3 is 0 Å². The number of likely N-dealkylation sites (N-methyl/N-ethyl adjacent to an activating group) is 1. The zero-order valence-electron chi connectivity index (χ0n) is 18.9. The summed E-state index contributed by atoms with van der Waals surface area (Å²) in [5.41, 5.74) is 1.10. The lowest BCUT2D eigenvalue weighted by Crippen LogP contribution is -2.51. The maximum atomic E-state index is 12.1. The van der Waals surface area contributed by atoms with Crippen LogP contribution in [0.4, 0.5) is 0 Å². The van der Waals surface area contributed by atoms with Crippen LogP contribution in [0.1, 0.15) is 45.1 Å². The molecule has 31 heavy (non-hydrogen) atoms. The number of hydrogen-bond acceptors (Lipinski definition) is 4. The molecule has 0 spiro atoms. The van der Waals surface area contributed by atoms with E-state index >= 15 is 0 Å². The summed E-state index contributed by atoms with van der Waals surface area (Å²) in [4.78, 5) is 20.7. The molecule has 176 valence electrons. The molecule has 1 fully saturated rings. The number of guanidine groups is 1. The van der Waals surface area contributed by atoms with Gasteiger partial charge in [-0.3, -0.25) is 4.79 Å². The normalized spacial score (nSPS) is 19.5. The first-order valence-corrected chi connectivity index (χ1v) is 11.9. The van der Waals surface area contributed by atoms with Crippen LogP contribution in [0.2, 0.25) is 0 Å². The van der Waals surface area contributed by atoms with Gasteiger partial charge in [-0.15, -0.1) is 24.0 Å². The highest BCUT2D eigenvalue weighted by Gasteiger charge is 2.31. The van der Waals surface area contributed by atoms with Gasteiger partial charge in [0.2, 0.25) is 15.9 Å². The molecule has 1 aromatic rings. The molecule has 1 amide bonds. The van der Waals surface area contributed by atoms with Gasteiger partial charge < -0.3 is 15.1 Å². The molecule has 0 aliphatic carbocycles. The second kappa shape index (κ2) is 12.0. The Morgan fingerprint density at radius 3 is 2.48 bits per heavy atom. The summed E-state index contributed by atoms with van der Waals surface area (Å²) < 4.78 is 22.9. The average molecular weight is 566 g/mol. The Balaban J connectivity index is 0.00000480. The third-order valence-corrected chi connectivity index (χ3v) is 6.42. The molecular weight excluding hydrogens is 529 g/mol. The lowest BCUT2D eigenvalue weighted by Gasteiger charge is -2.42. The average Bonchev–Trinajstić information content (AvgIpc) is 2.67. The number of amides is 1. The number of aliphatic imine (C=N–C) groups is 1. The number of primary sulfonamides is 1. The van der Waals surface area contributed by atoms with Gasteiger partial charge in [0.25, 0.3) is 0 Å². The van der Waals surface area contributed by atoms with Crippen LogP contribution in [0.5, 0.6) is 0 Å². The molecule has 1 saturated heterocycles. The lowest BCUT2D eigenvalue weighted by atomic mass is 9.78. The van der Waals surface area contributed by atoms with Gasteiger partial charge in [-0.1, -0.05) is 32.4 Å². The van der Waals surface area contributed by atoms with Crippen molar-refractivity contribution < 1.29 is 13.2 Å². The van der Waals surface area contributed by atoms with Crippen molar-refractivity contribution in [2.45, 2.75) is 51.0 Å². The van der Waals surface area contributed by atoms with Gasteiger partial charge in [0.05, 0.1) is 18.0 Å². The van der Waals surface area contributed by atoms with E-state index in [0.717, 1.165) is 37.9 Å². The smallest absolute Gasteiger partial charge is 0.241 e. The molecule has 10 heteroatoms. The van der Waals surface area contributed by atoms with Crippen LogP contribution in [0.3, 0.4) is 0 Å². The largest absolute Gasteiger partial charge is 0.347 e. The summed E-state index contributed by atoms with van der Waals surface area (Å²) in [6, 6.07) is 6.40. The number of benzene rings is 1. The van der Waals surface area contributed by atoms with Gasteiger partial charge in [0.15, 0.2) is 5.96 Å². The number of halogens is 1. The Bertz CT molecular complexity index is 854. The minimum atomic E-state index is -3.71. The number of sulfonamides is 1. The van der Waals surface area contributed by atoms with E-state index in [1.54, 1.807) is 31.1 Å². The first kappa shape index (κ1) is 27.6. The van der Waals surface area contributed by atoms with Crippen molar-refractivity contribution in [2.24, 2.45) is 15.5 Å². The molecule has 1 heterocycles. The third-order valence-electron chi connectivity index (χ3n) is 5.49. The molecule has 1 aliphatic rings. The zero-order chi connectivity index (χ0) is 22.4. The van der Waals surface area contributed by atoms with Crippen LogP contribution in [-0.2, 0) is 21.4 Å². The van der Waals surface area contributed by atoms with E-state index in [1.165, 1.54) is 18.6 Å². The van der Waals surface area contributed by atoms with Gasteiger partial charge in [0, 0.05) is 27.2 Å². The van der Waals surface area contributed by atoms with Crippen LogP contribution >= 0.6 is 24.0 Å². The fourth-order valence-corrected chi connectivity index (χ4v) is 4.35. The predicted molar refractivity (Wildman–Crippen MR) is 135 cm³/mol. The fourth-order valence-electron chi connectivity index (χ4n) is 3.84. The van der Waals surface area contributed by atoms with Crippen LogP contribution in [-0.4, -0.2) is 63.8 Å². The van der Waals surface area contributed by atoms with Crippen LogP contribution in [0.25, 0.3) is 0 Å². The minimum Gasteiger partial charge on any atom is -0.347 e. The SMILES string of the molecule is CCCC1(C)CCCN(C(=NCc2ccc(S(N)(=O)=O)cc2)NCC(=O)N(C)C)C1.I. The molecule has 1 atom stereocenters. The zero-order valence-corrected chi connectivity index (χ0v) is 22.1. The van der Waals surface area contributed by atoms with E-state index < -0.39 is 10.0 Å². The summed E-state index contributed by atoms with van der Waals surface area (Å²) in [5, 5.41) is 8.39. The van der Waals surface area contributed by atoms with Crippen molar-refractivity contribution in [3.8, 4) is 0 Å². The summed E-state index contributed by atoms with van der Waals surface area (Å²) in [5.74, 6) is 0.691. The fraction of sp³-hybridized carbons (Fsp3) is 0.619. The molecule has 3 N–H and O–H groups in total. The van der Waals surface area contributed by atoms with Crippen molar-refractivity contribution in [1.29, 1.82) is 0 Å². The van der Waals surface area contributed by atoms with E-state index in [-0.39, 0.29) is 46.7 Å². The molecule has 1 aromatic carbocycles. The Morgan fingerprint density at radius 1 is 1.29 bits per heavy atom. The number of nitrogens with zero attached hydrogens (tertiary/aromatic N) is 3. The van der Waals surface area contributed by atoms with Crippen LogP contribution in [0, 0.1) is 5.41 Å². The van der Waals surface area contributed by atoms with E-state index in [2.05, 4.69) is 24.1 Å². The van der Waals surface area contributed by atoms with Crippen LogP contribution < -0.4 is 10.5 Å². The number of rotatable bonds is 7. The van der Waals surface area contributed by atoms with Gasteiger partial charge in [0.1, 0.15) is 0 Å². The number of nitrogens with two attached hydrogens (primary N) is 1. The highest BCUT2D eigenvalue weighted by molar-refractivity contribution is 14.0. The first-order valence-electron chi connectivity index (χ1n) is 10.4. The lowest BCUT2D eigenvalue weighted by molar-refractivity contribution is -0.127. The molecule has 0 aromatic heterocycles. The summed E-state index contributed by atoms with van der Waals surface area (Å²) in [7, 11) is -0.253. The van der Waals surface area contributed by atoms with Crippen molar-refractivity contribution >= 4 is 45.9 Å². The molecular formula is C21H36IN5O3S. The van der Waals surface area contributed by atoms with E-state index in [4.69, 9.17) is 10.1 Å². The second-order valence-electron chi connectivity index (χ2n) is 8.56. The highest BCUT2D eigenvalue weighted by atomic mass is 127. The first-order chi connectivity index (χ1) is 14.0. The Hall–Kier alpha value is -1.40. The van der Waals surface area contributed by atoms with E-state index in [1.807, 2.05) is 0 Å². The Kier molecular flexibility index (Phi) is 10.7. The number of carbonyl (C=O) groups is 1. The Morgan fingerprint density at radius 2 is 1.94 bits per heavy atom. The number of likely N-dealkylation sites (tertiary alicyclic amines) is 1. The van der Waals surface area contributed by atoms with Crippen molar-refractivity contribution in [3.05, 3.63) is 29.8 Å². The molecule has 8 nitrogen and oxygen atoms in total.